The van der Waals surface area contributed by atoms with Crippen molar-refractivity contribution in [1.29, 1.82) is 5.41 Å². The van der Waals surface area contributed by atoms with Gasteiger partial charge < -0.3 is 5.73 Å². The molecule has 3 N–H and O–H groups in total. The number of alkyl halides is 1. The fraction of sp³-hybridized carbons (Fsp3) is 0.182. The molecule has 0 radical (unpaired) electrons. The van der Waals surface area contributed by atoms with Crippen molar-refractivity contribution < 1.29 is 0 Å². The van der Waals surface area contributed by atoms with Gasteiger partial charge in [0.15, 0.2) is 0 Å². The molecule has 0 unspecified atom stereocenters. The van der Waals surface area contributed by atoms with E-state index in [0.717, 1.165) is 17.5 Å². The molecule has 1 rings (SSSR count). The Bertz CT molecular complexity index is 328. The number of rotatable bonds is 4. The Hall–Kier alpha value is -1.28. The summed E-state index contributed by atoms with van der Waals surface area (Å²) in [6.45, 7) is 0. The van der Waals surface area contributed by atoms with Crippen LogP contribution in [0.1, 0.15) is 17.5 Å². The quantitative estimate of drug-likeness (QED) is 0.446. The van der Waals surface area contributed by atoms with Gasteiger partial charge in [-0.2, -0.15) is 0 Å². The number of nitrogen functional groups attached to an aromatic ring is 1. The van der Waals surface area contributed by atoms with Gasteiger partial charge in [-0.1, -0.05) is 36.4 Å². The Morgan fingerprint density at radius 1 is 1.36 bits per heavy atom. The maximum absolute atomic E-state index is 7.22. The lowest BCUT2D eigenvalue weighted by atomic mass is 10.1. The minimum absolute atomic E-state index is 0.0984. The van der Waals surface area contributed by atoms with Crippen LogP contribution in [0.4, 0.5) is 0 Å². The van der Waals surface area contributed by atoms with Gasteiger partial charge in [-0.3, -0.25) is 5.41 Å². The molecule has 0 amide bonds. The van der Waals surface area contributed by atoms with Crippen LogP contribution in [0.25, 0.3) is 6.08 Å². The second kappa shape index (κ2) is 5.45. The average Bonchev–Trinajstić information content (AvgIpc) is 2.19. The van der Waals surface area contributed by atoms with E-state index in [1.807, 2.05) is 36.4 Å². The Morgan fingerprint density at radius 2 is 2.00 bits per heavy atom. The molecule has 3 heteroatoms. The van der Waals surface area contributed by atoms with E-state index in [1.54, 1.807) is 0 Å². The van der Waals surface area contributed by atoms with Gasteiger partial charge in [0.05, 0.1) is 0 Å². The van der Waals surface area contributed by atoms with Crippen molar-refractivity contribution in [2.24, 2.45) is 5.73 Å². The van der Waals surface area contributed by atoms with E-state index in [-0.39, 0.29) is 5.84 Å². The van der Waals surface area contributed by atoms with Crippen LogP contribution in [0.5, 0.6) is 0 Å². The third kappa shape index (κ3) is 3.23. The zero-order valence-electron chi connectivity index (χ0n) is 7.83. The third-order valence-corrected chi connectivity index (χ3v) is 2.03. The highest BCUT2D eigenvalue weighted by Crippen LogP contribution is 2.06. The Morgan fingerprint density at radius 3 is 2.50 bits per heavy atom. The fourth-order valence-electron chi connectivity index (χ4n) is 1.06. The Balaban J connectivity index is 2.68. The predicted molar refractivity (Wildman–Crippen MR) is 61.8 cm³/mol. The second-order valence-electron chi connectivity index (χ2n) is 2.92. The topological polar surface area (TPSA) is 49.9 Å². The van der Waals surface area contributed by atoms with Crippen LogP contribution in [-0.2, 0) is 0 Å². The molecule has 0 aliphatic rings. The van der Waals surface area contributed by atoms with E-state index in [1.165, 1.54) is 0 Å². The molecule has 0 spiro atoms. The van der Waals surface area contributed by atoms with Crippen molar-refractivity contribution in [2.75, 3.05) is 5.88 Å². The molecule has 0 fully saturated rings. The molecule has 14 heavy (non-hydrogen) atoms. The van der Waals surface area contributed by atoms with Crippen molar-refractivity contribution in [2.45, 2.75) is 6.42 Å². The Labute approximate surface area is 88.9 Å². The number of hydrogen-bond donors (Lipinski definition) is 2. The number of nitrogens with two attached hydrogens (primary N) is 1. The highest BCUT2D eigenvalue weighted by molar-refractivity contribution is 6.17. The lowest BCUT2D eigenvalue weighted by Gasteiger charge is -1.98. The predicted octanol–water partition coefficient (Wildman–Crippen LogP) is 2.61. The average molecular weight is 209 g/mol. The zero-order chi connectivity index (χ0) is 10.4. The number of hydrogen-bond acceptors (Lipinski definition) is 1. The van der Waals surface area contributed by atoms with Gasteiger partial charge in [0.1, 0.15) is 5.84 Å². The first-order valence-corrected chi connectivity index (χ1v) is 4.94. The first-order valence-electron chi connectivity index (χ1n) is 4.41. The summed E-state index contributed by atoms with van der Waals surface area (Å²) >= 11 is 5.54. The van der Waals surface area contributed by atoms with Gasteiger partial charge in [-0.15, -0.1) is 11.6 Å². The van der Waals surface area contributed by atoms with Gasteiger partial charge in [0.2, 0.25) is 0 Å². The van der Waals surface area contributed by atoms with E-state index < -0.39 is 0 Å². The van der Waals surface area contributed by atoms with Gasteiger partial charge in [0, 0.05) is 11.4 Å². The van der Waals surface area contributed by atoms with Crippen LogP contribution in [0.15, 0.2) is 30.3 Å². The number of halogens is 1. The van der Waals surface area contributed by atoms with Crippen LogP contribution in [-0.4, -0.2) is 11.7 Å². The number of amidine groups is 1. The van der Waals surface area contributed by atoms with E-state index in [4.69, 9.17) is 22.7 Å². The molecular formula is C11H13ClN2. The smallest absolute Gasteiger partial charge is 0.122 e. The van der Waals surface area contributed by atoms with Crippen LogP contribution < -0.4 is 5.73 Å². The first kappa shape index (κ1) is 10.8. The number of benzene rings is 1. The molecule has 0 saturated heterocycles. The summed E-state index contributed by atoms with van der Waals surface area (Å²) in [5.74, 6) is 0.739. The summed E-state index contributed by atoms with van der Waals surface area (Å²) < 4.78 is 0. The number of nitrogens with one attached hydrogen (secondary N) is 1. The SMILES string of the molecule is N=C(N)c1ccc(C=CCCCl)cc1. The van der Waals surface area contributed by atoms with Gasteiger partial charge >= 0.3 is 0 Å². The molecule has 0 saturated carbocycles. The summed E-state index contributed by atoms with van der Waals surface area (Å²) in [4.78, 5) is 0. The molecule has 1 aromatic carbocycles. The van der Waals surface area contributed by atoms with E-state index in [0.29, 0.717) is 5.88 Å². The van der Waals surface area contributed by atoms with Crippen LogP contribution in [0.3, 0.4) is 0 Å². The number of allylic oxidation sites excluding steroid dienone is 1. The molecule has 0 bridgehead atoms. The standard InChI is InChI=1S/C11H13ClN2/c12-8-2-1-3-9-4-6-10(7-5-9)11(13)14/h1,3-7H,2,8H2,(H3,13,14). The van der Waals surface area contributed by atoms with E-state index in [2.05, 4.69) is 0 Å². The molecule has 0 aliphatic heterocycles. The van der Waals surface area contributed by atoms with Gasteiger partial charge in [-0.25, -0.2) is 0 Å². The Kier molecular flexibility index (Phi) is 4.20. The second-order valence-corrected chi connectivity index (χ2v) is 3.29. The third-order valence-electron chi connectivity index (χ3n) is 1.81. The van der Waals surface area contributed by atoms with Crippen molar-refractivity contribution in [3.05, 3.63) is 41.5 Å². The van der Waals surface area contributed by atoms with Gasteiger partial charge in [-0.05, 0) is 12.0 Å². The van der Waals surface area contributed by atoms with Crippen molar-refractivity contribution in [3.63, 3.8) is 0 Å². The minimum atomic E-state index is 0.0984. The highest BCUT2D eigenvalue weighted by atomic mass is 35.5. The summed E-state index contributed by atoms with van der Waals surface area (Å²) in [6.07, 6.45) is 4.90. The fourth-order valence-corrected chi connectivity index (χ4v) is 1.18. The minimum Gasteiger partial charge on any atom is -0.384 e. The van der Waals surface area contributed by atoms with Crippen LogP contribution >= 0.6 is 11.6 Å². The zero-order valence-corrected chi connectivity index (χ0v) is 8.59. The maximum atomic E-state index is 7.22. The molecular weight excluding hydrogens is 196 g/mol. The lowest BCUT2D eigenvalue weighted by molar-refractivity contribution is 1.24. The normalized spacial score (nSPS) is 10.6. The van der Waals surface area contributed by atoms with E-state index >= 15 is 0 Å². The summed E-state index contributed by atoms with van der Waals surface area (Å²) in [7, 11) is 0. The lowest BCUT2D eigenvalue weighted by Crippen LogP contribution is -2.10. The van der Waals surface area contributed by atoms with Crippen molar-refractivity contribution in [3.8, 4) is 0 Å². The molecule has 0 aromatic heterocycles. The summed E-state index contributed by atoms with van der Waals surface area (Å²) in [6, 6.07) is 7.54. The summed E-state index contributed by atoms with van der Waals surface area (Å²) in [5.41, 5.74) is 7.18. The van der Waals surface area contributed by atoms with Crippen LogP contribution in [0.2, 0.25) is 0 Å². The van der Waals surface area contributed by atoms with Crippen molar-refractivity contribution >= 4 is 23.5 Å². The van der Waals surface area contributed by atoms with Crippen LogP contribution in [0, 0.1) is 5.41 Å². The maximum Gasteiger partial charge on any atom is 0.122 e. The molecule has 1 aromatic rings. The van der Waals surface area contributed by atoms with E-state index in [9.17, 15) is 0 Å². The highest BCUT2D eigenvalue weighted by Gasteiger charge is 1.93. The summed E-state index contributed by atoms with van der Waals surface area (Å²) in [5, 5.41) is 7.22. The largest absolute Gasteiger partial charge is 0.384 e. The van der Waals surface area contributed by atoms with Crippen molar-refractivity contribution in [1.82, 2.24) is 0 Å². The first-order chi connectivity index (χ1) is 6.74. The monoisotopic (exact) mass is 208 g/mol. The molecule has 74 valence electrons. The van der Waals surface area contributed by atoms with Gasteiger partial charge in [0.25, 0.3) is 0 Å². The molecule has 0 aliphatic carbocycles. The molecule has 0 heterocycles. The molecule has 2 nitrogen and oxygen atoms in total. The molecule has 0 atom stereocenters.